The standard InChI is InChI=1S/C14H19N3/c1-10-11(8-9-15)14(17(2)3)12-6-4-5-7-13(12)16-10/h4-7H,8-9,15H2,1-3H3. The third kappa shape index (κ3) is 2.11. The lowest BCUT2D eigenvalue weighted by molar-refractivity contribution is 0.933. The zero-order valence-electron chi connectivity index (χ0n) is 10.7. The zero-order valence-corrected chi connectivity index (χ0v) is 10.7. The number of benzene rings is 1. The number of anilines is 1. The fourth-order valence-electron chi connectivity index (χ4n) is 2.31. The lowest BCUT2D eigenvalue weighted by Gasteiger charge is -2.21. The molecular weight excluding hydrogens is 210 g/mol. The van der Waals surface area contributed by atoms with Crippen LogP contribution in [0.25, 0.3) is 10.9 Å². The molecule has 0 saturated carbocycles. The van der Waals surface area contributed by atoms with Crippen LogP contribution in [-0.4, -0.2) is 25.6 Å². The molecule has 0 fully saturated rings. The fourth-order valence-corrected chi connectivity index (χ4v) is 2.31. The van der Waals surface area contributed by atoms with Crippen molar-refractivity contribution in [2.45, 2.75) is 13.3 Å². The largest absolute Gasteiger partial charge is 0.377 e. The van der Waals surface area contributed by atoms with Gasteiger partial charge in [0.2, 0.25) is 0 Å². The molecule has 0 unspecified atom stereocenters. The molecule has 0 saturated heterocycles. The Kier molecular flexibility index (Phi) is 3.29. The van der Waals surface area contributed by atoms with E-state index in [0.29, 0.717) is 6.54 Å². The maximum absolute atomic E-state index is 5.70. The molecule has 2 N–H and O–H groups in total. The number of para-hydroxylation sites is 1. The summed E-state index contributed by atoms with van der Waals surface area (Å²) in [6.45, 7) is 2.71. The highest BCUT2D eigenvalue weighted by Gasteiger charge is 2.13. The van der Waals surface area contributed by atoms with Gasteiger partial charge < -0.3 is 10.6 Å². The van der Waals surface area contributed by atoms with Gasteiger partial charge in [0.05, 0.1) is 11.2 Å². The van der Waals surface area contributed by atoms with E-state index >= 15 is 0 Å². The Morgan fingerprint density at radius 3 is 2.59 bits per heavy atom. The zero-order chi connectivity index (χ0) is 12.4. The van der Waals surface area contributed by atoms with Crippen LogP contribution in [-0.2, 0) is 6.42 Å². The van der Waals surface area contributed by atoms with Gasteiger partial charge in [-0.05, 0) is 31.5 Å². The van der Waals surface area contributed by atoms with Crippen molar-refractivity contribution in [2.24, 2.45) is 5.73 Å². The first-order valence-electron chi connectivity index (χ1n) is 5.90. The highest BCUT2D eigenvalue weighted by Crippen LogP contribution is 2.30. The van der Waals surface area contributed by atoms with Gasteiger partial charge in [-0.25, -0.2) is 0 Å². The summed E-state index contributed by atoms with van der Waals surface area (Å²) in [6.07, 6.45) is 0.872. The fraction of sp³-hybridized carbons (Fsp3) is 0.357. The molecule has 1 aromatic heterocycles. The lowest BCUT2D eigenvalue weighted by atomic mass is 10.0. The summed E-state index contributed by atoms with van der Waals surface area (Å²) in [5, 5.41) is 1.20. The van der Waals surface area contributed by atoms with Gasteiger partial charge in [0, 0.05) is 25.2 Å². The van der Waals surface area contributed by atoms with Crippen molar-refractivity contribution in [1.29, 1.82) is 0 Å². The smallest absolute Gasteiger partial charge is 0.0726 e. The first-order chi connectivity index (χ1) is 8.15. The topological polar surface area (TPSA) is 42.2 Å². The summed E-state index contributed by atoms with van der Waals surface area (Å²) in [7, 11) is 4.14. The number of hydrogen-bond acceptors (Lipinski definition) is 3. The second-order valence-corrected chi connectivity index (χ2v) is 4.47. The number of fused-ring (bicyclic) bond motifs is 1. The van der Waals surface area contributed by atoms with Crippen molar-refractivity contribution in [2.75, 3.05) is 25.5 Å². The Morgan fingerprint density at radius 2 is 1.94 bits per heavy atom. The van der Waals surface area contributed by atoms with Crippen molar-refractivity contribution in [3.05, 3.63) is 35.5 Å². The van der Waals surface area contributed by atoms with Crippen LogP contribution in [0.2, 0.25) is 0 Å². The van der Waals surface area contributed by atoms with Crippen LogP contribution in [0.5, 0.6) is 0 Å². The summed E-state index contributed by atoms with van der Waals surface area (Å²) in [4.78, 5) is 6.81. The van der Waals surface area contributed by atoms with E-state index in [2.05, 4.69) is 49.1 Å². The summed E-state index contributed by atoms with van der Waals surface area (Å²) in [5.41, 5.74) is 10.3. The molecule has 0 radical (unpaired) electrons. The molecule has 90 valence electrons. The molecule has 0 aliphatic rings. The number of aryl methyl sites for hydroxylation is 1. The van der Waals surface area contributed by atoms with Crippen LogP contribution in [0, 0.1) is 6.92 Å². The van der Waals surface area contributed by atoms with Crippen molar-refractivity contribution in [1.82, 2.24) is 4.98 Å². The first-order valence-corrected chi connectivity index (χ1v) is 5.90. The quantitative estimate of drug-likeness (QED) is 0.876. The Balaban J connectivity index is 2.78. The second kappa shape index (κ2) is 4.72. The Morgan fingerprint density at radius 1 is 1.24 bits per heavy atom. The number of pyridine rings is 1. The number of aromatic nitrogens is 1. The summed E-state index contributed by atoms with van der Waals surface area (Å²) in [5.74, 6) is 0. The van der Waals surface area contributed by atoms with Crippen LogP contribution in [0.1, 0.15) is 11.3 Å². The van der Waals surface area contributed by atoms with Crippen LogP contribution in [0.4, 0.5) is 5.69 Å². The molecule has 3 heteroatoms. The third-order valence-corrected chi connectivity index (χ3v) is 3.01. The van der Waals surface area contributed by atoms with Crippen LogP contribution in [0.15, 0.2) is 24.3 Å². The molecule has 0 aliphatic carbocycles. The van der Waals surface area contributed by atoms with E-state index in [9.17, 15) is 0 Å². The van der Waals surface area contributed by atoms with Gasteiger partial charge in [-0.3, -0.25) is 4.98 Å². The predicted octanol–water partition coefficient (Wildman–Crippen LogP) is 2.11. The van der Waals surface area contributed by atoms with Gasteiger partial charge in [-0.15, -0.1) is 0 Å². The number of hydrogen-bond donors (Lipinski definition) is 1. The molecule has 1 heterocycles. The van der Waals surface area contributed by atoms with E-state index in [0.717, 1.165) is 17.6 Å². The van der Waals surface area contributed by atoms with E-state index < -0.39 is 0 Å². The van der Waals surface area contributed by atoms with E-state index in [1.54, 1.807) is 0 Å². The average Bonchev–Trinajstić information content (AvgIpc) is 2.29. The SMILES string of the molecule is Cc1nc2ccccc2c(N(C)C)c1CCN. The number of rotatable bonds is 3. The Bertz CT molecular complexity index is 532. The maximum atomic E-state index is 5.70. The van der Waals surface area contributed by atoms with E-state index in [-0.39, 0.29) is 0 Å². The van der Waals surface area contributed by atoms with Gasteiger partial charge in [-0.1, -0.05) is 18.2 Å². The summed E-state index contributed by atoms with van der Waals surface area (Å²) >= 11 is 0. The molecule has 0 atom stereocenters. The maximum Gasteiger partial charge on any atom is 0.0726 e. The molecule has 2 aromatic rings. The molecule has 2 rings (SSSR count). The minimum Gasteiger partial charge on any atom is -0.377 e. The van der Waals surface area contributed by atoms with Crippen molar-refractivity contribution in [3.63, 3.8) is 0 Å². The Labute approximate surface area is 102 Å². The van der Waals surface area contributed by atoms with Gasteiger partial charge in [0.25, 0.3) is 0 Å². The Hall–Kier alpha value is -1.61. The molecule has 1 aromatic carbocycles. The molecule has 0 aliphatic heterocycles. The van der Waals surface area contributed by atoms with Gasteiger partial charge >= 0.3 is 0 Å². The molecule has 0 bridgehead atoms. The molecule has 0 amide bonds. The average molecular weight is 229 g/mol. The monoisotopic (exact) mass is 229 g/mol. The lowest BCUT2D eigenvalue weighted by Crippen LogP contribution is -2.16. The molecule has 17 heavy (non-hydrogen) atoms. The third-order valence-electron chi connectivity index (χ3n) is 3.01. The highest BCUT2D eigenvalue weighted by molar-refractivity contribution is 5.93. The van der Waals surface area contributed by atoms with Crippen molar-refractivity contribution >= 4 is 16.6 Å². The van der Waals surface area contributed by atoms with E-state index in [1.165, 1.54) is 16.6 Å². The van der Waals surface area contributed by atoms with Crippen molar-refractivity contribution in [3.8, 4) is 0 Å². The summed E-state index contributed by atoms with van der Waals surface area (Å²) < 4.78 is 0. The van der Waals surface area contributed by atoms with Crippen LogP contribution in [0.3, 0.4) is 0 Å². The van der Waals surface area contributed by atoms with E-state index in [4.69, 9.17) is 5.73 Å². The van der Waals surface area contributed by atoms with Gasteiger partial charge in [-0.2, -0.15) is 0 Å². The van der Waals surface area contributed by atoms with Crippen LogP contribution < -0.4 is 10.6 Å². The highest BCUT2D eigenvalue weighted by atomic mass is 15.1. The number of nitrogens with two attached hydrogens (primary N) is 1. The molecule has 0 spiro atoms. The molecular formula is C14H19N3. The van der Waals surface area contributed by atoms with E-state index in [1.807, 2.05) is 6.07 Å². The van der Waals surface area contributed by atoms with Crippen LogP contribution >= 0.6 is 0 Å². The predicted molar refractivity (Wildman–Crippen MR) is 73.6 cm³/mol. The first kappa shape index (κ1) is 11.9. The minimum atomic E-state index is 0.654. The minimum absolute atomic E-state index is 0.654. The second-order valence-electron chi connectivity index (χ2n) is 4.47. The van der Waals surface area contributed by atoms with Crippen molar-refractivity contribution < 1.29 is 0 Å². The number of nitrogens with zero attached hydrogens (tertiary/aromatic N) is 2. The normalized spacial score (nSPS) is 10.8. The van der Waals surface area contributed by atoms with Gasteiger partial charge in [0.15, 0.2) is 0 Å². The molecule has 3 nitrogen and oxygen atoms in total. The van der Waals surface area contributed by atoms with Gasteiger partial charge in [0.1, 0.15) is 0 Å². The summed E-state index contributed by atoms with van der Waals surface area (Å²) in [6, 6.07) is 8.26.